The number of likely N-dealkylation sites (tertiary alicyclic amines) is 1. The molecule has 168 valence electrons. The minimum Gasteiger partial charge on any atom is -0.508 e. The van der Waals surface area contributed by atoms with Crippen LogP contribution in [0, 0.1) is 0 Å². The fraction of sp³-hybridized carbons (Fsp3) is 0.360. The van der Waals surface area contributed by atoms with Gasteiger partial charge in [0.25, 0.3) is 0 Å². The van der Waals surface area contributed by atoms with E-state index in [9.17, 15) is 20.1 Å². The van der Waals surface area contributed by atoms with E-state index in [2.05, 4.69) is 4.98 Å². The Kier molecular flexibility index (Phi) is 6.19. The van der Waals surface area contributed by atoms with E-state index < -0.39 is 0 Å². The quantitative estimate of drug-likeness (QED) is 0.542. The number of phenolic OH excluding ortho intramolecular Hbond substituents is 2. The highest BCUT2D eigenvalue weighted by molar-refractivity contribution is 5.76. The standard InChI is InChI=1S/C25H29N3O4/c1-16(2)20-11-21(23(31)12-22(20)30)25-26-13-19(15-29)28(25)18-8-6-17(7-9-18)14-27-10-4-3-5-24(27)32/h6-9,11-13,16,29-31H,3-5,10,14-15H2,1-2H3. The lowest BCUT2D eigenvalue weighted by atomic mass is 9.98. The van der Waals surface area contributed by atoms with Crippen molar-refractivity contribution in [3.05, 3.63) is 59.4 Å². The van der Waals surface area contributed by atoms with Crippen molar-refractivity contribution in [1.82, 2.24) is 14.5 Å². The van der Waals surface area contributed by atoms with Gasteiger partial charge in [-0.05, 0) is 48.1 Å². The van der Waals surface area contributed by atoms with Gasteiger partial charge in [0, 0.05) is 31.3 Å². The van der Waals surface area contributed by atoms with Gasteiger partial charge in [-0.3, -0.25) is 9.36 Å². The van der Waals surface area contributed by atoms with Crippen LogP contribution in [-0.2, 0) is 17.9 Å². The molecule has 1 saturated heterocycles. The molecule has 1 aliphatic rings. The van der Waals surface area contributed by atoms with Gasteiger partial charge in [0.1, 0.15) is 17.3 Å². The number of rotatable bonds is 6. The van der Waals surface area contributed by atoms with Gasteiger partial charge in [0.15, 0.2) is 0 Å². The van der Waals surface area contributed by atoms with E-state index in [4.69, 9.17) is 0 Å². The smallest absolute Gasteiger partial charge is 0.222 e. The number of imidazole rings is 1. The molecule has 32 heavy (non-hydrogen) atoms. The average Bonchev–Trinajstić information content (AvgIpc) is 3.19. The van der Waals surface area contributed by atoms with Gasteiger partial charge in [-0.25, -0.2) is 4.98 Å². The van der Waals surface area contributed by atoms with Crippen molar-refractivity contribution < 1.29 is 20.1 Å². The maximum absolute atomic E-state index is 12.1. The highest BCUT2D eigenvalue weighted by Gasteiger charge is 2.21. The van der Waals surface area contributed by atoms with Crippen molar-refractivity contribution in [3.63, 3.8) is 0 Å². The summed E-state index contributed by atoms with van der Waals surface area (Å²) in [6, 6.07) is 10.9. The Morgan fingerprint density at radius 2 is 1.81 bits per heavy atom. The topological polar surface area (TPSA) is 98.8 Å². The van der Waals surface area contributed by atoms with Crippen molar-refractivity contribution in [2.45, 2.75) is 52.2 Å². The zero-order valence-corrected chi connectivity index (χ0v) is 18.5. The number of carbonyl (C=O) groups excluding carboxylic acids is 1. The lowest BCUT2D eigenvalue weighted by molar-refractivity contribution is -0.133. The number of amides is 1. The van der Waals surface area contributed by atoms with E-state index in [1.165, 1.54) is 6.07 Å². The van der Waals surface area contributed by atoms with Crippen molar-refractivity contribution in [2.24, 2.45) is 0 Å². The second-order valence-electron chi connectivity index (χ2n) is 8.59. The summed E-state index contributed by atoms with van der Waals surface area (Å²) >= 11 is 0. The predicted octanol–water partition coefficient (Wildman–Crippen LogP) is 4.08. The molecular formula is C25H29N3O4. The summed E-state index contributed by atoms with van der Waals surface area (Å²) < 4.78 is 1.80. The monoisotopic (exact) mass is 435 g/mol. The zero-order valence-electron chi connectivity index (χ0n) is 18.5. The lowest BCUT2D eigenvalue weighted by Gasteiger charge is -2.26. The minimum atomic E-state index is -0.215. The number of aromatic hydroxyl groups is 2. The Morgan fingerprint density at radius 1 is 1.06 bits per heavy atom. The Balaban J connectivity index is 1.70. The number of benzene rings is 2. The van der Waals surface area contributed by atoms with Crippen LogP contribution in [-0.4, -0.2) is 42.2 Å². The third-order valence-electron chi connectivity index (χ3n) is 5.99. The van der Waals surface area contributed by atoms with Gasteiger partial charge < -0.3 is 20.2 Å². The van der Waals surface area contributed by atoms with Gasteiger partial charge in [-0.2, -0.15) is 0 Å². The van der Waals surface area contributed by atoms with Crippen LogP contribution in [0.5, 0.6) is 11.5 Å². The molecule has 0 saturated carbocycles. The number of hydrogen-bond donors (Lipinski definition) is 3. The van der Waals surface area contributed by atoms with Crippen molar-refractivity contribution in [3.8, 4) is 28.6 Å². The molecule has 0 atom stereocenters. The SMILES string of the molecule is CC(C)c1cc(-c2ncc(CO)n2-c2ccc(CN3CCCCC3=O)cc2)c(O)cc1O. The Bertz CT molecular complexity index is 1120. The second kappa shape index (κ2) is 9.04. The number of aromatic nitrogens is 2. The van der Waals surface area contributed by atoms with Crippen LogP contribution in [0.4, 0.5) is 0 Å². The van der Waals surface area contributed by atoms with Crippen LogP contribution in [0.3, 0.4) is 0 Å². The minimum absolute atomic E-state index is 0.0401. The molecule has 0 radical (unpaired) electrons. The molecule has 1 fully saturated rings. The van der Waals surface area contributed by atoms with Crippen LogP contribution in [0.15, 0.2) is 42.6 Å². The van der Waals surface area contributed by atoms with E-state index in [1.54, 1.807) is 16.8 Å². The number of aliphatic hydroxyl groups excluding tert-OH is 1. The maximum Gasteiger partial charge on any atom is 0.222 e. The summed E-state index contributed by atoms with van der Waals surface area (Å²) in [5.41, 5.74) is 3.59. The molecule has 0 unspecified atom stereocenters. The molecule has 0 bridgehead atoms. The van der Waals surface area contributed by atoms with Crippen molar-refractivity contribution >= 4 is 5.91 Å². The molecule has 3 aromatic rings. The van der Waals surface area contributed by atoms with E-state index in [0.717, 1.165) is 30.6 Å². The van der Waals surface area contributed by atoms with Crippen LogP contribution in [0.2, 0.25) is 0 Å². The number of aliphatic hydroxyl groups is 1. The Labute approximate surface area is 187 Å². The first-order valence-corrected chi connectivity index (χ1v) is 11.0. The first-order valence-electron chi connectivity index (χ1n) is 11.0. The molecular weight excluding hydrogens is 406 g/mol. The van der Waals surface area contributed by atoms with Crippen molar-refractivity contribution in [2.75, 3.05) is 6.54 Å². The van der Waals surface area contributed by atoms with Gasteiger partial charge in [0.05, 0.1) is 24.1 Å². The normalized spacial score (nSPS) is 14.4. The average molecular weight is 436 g/mol. The second-order valence-corrected chi connectivity index (χ2v) is 8.59. The van der Waals surface area contributed by atoms with E-state index in [-0.39, 0.29) is 29.9 Å². The van der Waals surface area contributed by atoms with Gasteiger partial charge in [-0.15, -0.1) is 0 Å². The summed E-state index contributed by atoms with van der Waals surface area (Å²) in [6.07, 6.45) is 4.20. The Morgan fingerprint density at radius 3 is 2.47 bits per heavy atom. The zero-order chi connectivity index (χ0) is 22.8. The summed E-state index contributed by atoms with van der Waals surface area (Å²) in [6.45, 7) is 5.09. The van der Waals surface area contributed by atoms with E-state index in [0.29, 0.717) is 35.6 Å². The van der Waals surface area contributed by atoms with Gasteiger partial charge >= 0.3 is 0 Å². The first-order chi connectivity index (χ1) is 15.4. The molecule has 0 spiro atoms. The number of nitrogens with zero attached hydrogens (tertiary/aromatic N) is 3. The number of carbonyl (C=O) groups is 1. The van der Waals surface area contributed by atoms with Crippen LogP contribution in [0.25, 0.3) is 17.1 Å². The molecule has 2 heterocycles. The molecule has 1 aliphatic heterocycles. The molecule has 0 aliphatic carbocycles. The fourth-order valence-corrected chi connectivity index (χ4v) is 4.21. The highest BCUT2D eigenvalue weighted by atomic mass is 16.3. The Hall–Kier alpha value is -3.32. The fourth-order valence-electron chi connectivity index (χ4n) is 4.21. The predicted molar refractivity (Wildman–Crippen MR) is 122 cm³/mol. The van der Waals surface area contributed by atoms with E-state index >= 15 is 0 Å². The molecule has 7 nitrogen and oxygen atoms in total. The van der Waals surface area contributed by atoms with Gasteiger partial charge in [0.2, 0.25) is 5.91 Å². The third-order valence-corrected chi connectivity index (χ3v) is 5.99. The maximum atomic E-state index is 12.1. The summed E-state index contributed by atoms with van der Waals surface area (Å²) in [5.74, 6) is 0.699. The van der Waals surface area contributed by atoms with Crippen LogP contribution < -0.4 is 0 Å². The number of hydrogen-bond acceptors (Lipinski definition) is 5. The van der Waals surface area contributed by atoms with Crippen molar-refractivity contribution in [1.29, 1.82) is 0 Å². The molecule has 4 rings (SSSR count). The summed E-state index contributed by atoms with van der Waals surface area (Å²) in [7, 11) is 0. The lowest BCUT2D eigenvalue weighted by Crippen LogP contribution is -2.34. The largest absolute Gasteiger partial charge is 0.508 e. The highest BCUT2D eigenvalue weighted by Crippen LogP contribution is 2.38. The first kappa shape index (κ1) is 21.9. The molecule has 3 N–H and O–H groups in total. The third kappa shape index (κ3) is 4.21. The summed E-state index contributed by atoms with van der Waals surface area (Å²) in [4.78, 5) is 18.5. The number of phenols is 2. The van der Waals surface area contributed by atoms with Gasteiger partial charge in [-0.1, -0.05) is 26.0 Å². The summed E-state index contributed by atoms with van der Waals surface area (Å²) in [5, 5.41) is 30.6. The molecule has 7 heteroatoms. The van der Waals surface area contributed by atoms with Crippen LogP contribution in [0.1, 0.15) is 55.8 Å². The van der Waals surface area contributed by atoms with E-state index in [1.807, 2.05) is 43.0 Å². The van der Waals surface area contributed by atoms with Crippen LogP contribution >= 0.6 is 0 Å². The molecule has 1 amide bonds. The molecule has 1 aromatic heterocycles. The molecule has 2 aromatic carbocycles. The number of piperidine rings is 1.